The highest BCUT2D eigenvalue weighted by Crippen LogP contribution is 2.39. The van der Waals surface area contributed by atoms with Gasteiger partial charge in [0.2, 0.25) is 0 Å². The molecule has 0 saturated carbocycles. The molecule has 0 aromatic heterocycles. The van der Waals surface area contributed by atoms with Crippen molar-refractivity contribution in [3.05, 3.63) is 42.0 Å². The Morgan fingerprint density at radius 3 is 2.71 bits per heavy atom. The largest absolute Gasteiger partial charge is 0.466 e. The molecule has 4 heteroatoms. The first-order valence-corrected chi connectivity index (χ1v) is 7.33. The van der Waals surface area contributed by atoms with E-state index in [-0.39, 0.29) is 29.8 Å². The number of likely N-dealkylation sites (N-methyl/N-ethyl adjacent to an activating group) is 1. The second kappa shape index (κ2) is 5.45. The molecule has 0 spiro atoms. The summed E-state index contributed by atoms with van der Waals surface area (Å²) >= 11 is 0. The average Bonchev–Trinajstić information content (AvgIpc) is 2.72. The van der Waals surface area contributed by atoms with Crippen LogP contribution >= 0.6 is 0 Å². The number of ether oxygens (including phenoxy) is 1. The Hall–Kier alpha value is -1.94. The van der Waals surface area contributed by atoms with Crippen LogP contribution in [0.5, 0.6) is 0 Å². The fraction of sp³-hybridized carbons (Fsp3) is 0.412. The van der Waals surface area contributed by atoms with Gasteiger partial charge in [0, 0.05) is 11.6 Å². The molecule has 110 valence electrons. The normalized spacial score (nSPS) is 28.4. The molecule has 0 aliphatic carbocycles. The number of hydrogen-bond acceptors (Lipinski definition) is 4. The van der Waals surface area contributed by atoms with Crippen molar-refractivity contribution in [3.63, 3.8) is 0 Å². The highest BCUT2D eigenvalue weighted by atomic mass is 16.5. The number of esters is 1. The number of ketones is 1. The van der Waals surface area contributed by atoms with Crippen molar-refractivity contribution >= 4 is 17.3 Å². The van der Waals surface area contributed by atoms with Crippen LogP contribution < -0.4 is 0 Å². The second-order valence-electron chi connectivity index (χ2n) is 5.58. The van der Waals surface area contributed by atoms with Crippen LogP contribution in [0, 0.1) is 5.92 Å². The summed E-state index contributed by atoms with van der Waals surface area (Å²) in [6.07, 6.45) is 2.48. The molecule has 0 amide bonds. The van der Waals surface area contributed by atoms with Gasteiger partial charge in [-0.05, 0) is 26.0 Å². The molecule has 3 rings (SSSR count). The Labute approximate surface area is 124 Å². The topological polar surface area (TPSA) is 46.6 Å². The minimum Gasteiger partial charge on any atom is -0.466 e. The number of nitrogens with zero attached hydrogens (tertiary/aromatic N) is 1. The number of benzene rings is 1. The molecular weight excluding hydrogens is 266 g/mol. The zero-order valence-electron chi connectivity index (χ0n) is 12.3. The molecule has 1 aromatic carbocycles. The van der Waals surface area contributed by atoms with Crippen LogP contribution in [0.3, 0.4) is 0 Å². The van der Waals surface area contributed by atoms with E-state index >= 15 is 0 Å². The van der Waals surface area contributed by atoms with Crippen molar-refractivity contribution in [2.24, 2.45) is 5.92 Å². The Morgan fingerprint density at radius 2 is 2.05 bits per heavy atom. The van der Waals surface area contributed by atoms with Crippen molar-refractivity contribution in [2.45, 2.75) is 25.4 Å². The summed E-state index contributed by atoms with van der Waals surface area (Å²) in [7, 11) is 1.91. The summed E-state index contributed by atoms with van der Waals surface area (Å²) in [5, 5.41) is 0. The Kier molecular flexibility index (Phi) is 3.64. The molecule has 1 saturated heterocycles. The lowest BCUT2D eigenvalue weighted by Crippen LogP contribution is -2.42. The number of hydrogen-bond donors (Lipinski definition) is 0. The summed E-state index contributed by atoms with van der Waals surface area (Å²) in [5.41, 5.74) is 1.66. The first-order valence-electron chi connectivity index (χ1n) is 7.33. The van der Waals surface area contributed by atoms with Gasteiger partial charge in [0.25, 0.3) is 0 Å². The number of fused-ring (bicyclic) bond motifs is 2. The van der Waals surface area contributed by atoms with E-state index in [9.17, 15) is 9.59 Å². The Balaban J connectivity index is 1.95. The third-order valence-electron chi connectivity index (χ3n) is 4.43. The summed E-state index contributed by atoms with van der Waals surface area (Å²) in [5.74, 6) is -0.341. The lowest BCUT2D eigenvalue weighted by Gasteiger charge is -2.30. The molecule has 2 bridgehead atoms. The van der Waals surface area contributed by atoms with E-state index in [0.717, 1.165) is 11.1 Å². The van der Waals surface area contributed by atoms with Gasteiger partial charge in [-0.25, -0.2) is 0 Å². The van der Waals surface area contributed by atoms with Crippen molar-refractivity contribution in [1.82, 2.24) is 4.90 Å². The van der Waals surface area contributed by atoms with E-state index in [1.54, 1.807) is 6.92 Å². The third-order valence-corrected chi connectivity index (χ3v) is 4.43. The van der Waals surface area contributed by atoms with Crippen LogP contribution in [0.25, 0.3) is 5.57 Å². The van der Waals surface area contributed by atoms with Gasteiger partial charge in [0.15, 0.2) is 5.78 Å². The van der Waals surface area contributed by atoms with Gasteiger partial charge in [-0.15, -0.1) is 0 Å². The lowest BCUT2D eigenvalue weighted by molar-refractivity contribution is -0.148. The summed E-state index contributed by atoms with van der Waals surface area (Å²) in [6.45, 7) is 2.18. The summed E-state index contributed by atoms with van der Waals surface area (Å²) in [6, 6.07) is 9.38. The van der Waals surface area contributed by atoms with Crippen LogP contribution in [0.15, 0.2) is 36.4 Å². The van der Waals surface area contributed by atoms with Gasteiger partial charge in [0.05, 0.1) is 18.6 Å². The van der Waals surface area contributed by atoms with Gasteiger partial charge < -0.3 is 4.74 Å². The molecule has 2 heterocycles. The molecule has 0 radical (unpaired) electrons. The van der Waals surface area contributed by atoms with Gasteiger partial charge in [-0.3, -0.25) is 14.5 Å². The minimum atomic E-state index is -0.245. The predicted octanol–water partition coefficient (Wildman–Crippen LogP) is 1.90. The maximum atomic E-state index is 12.7. The molecule has 21 heavy (non-hydrogen) atoms. The van der Waals surface area contributed by atoms with Crippen LogP contribution in [0.4, 0.5) is 0 Å². The predicted molar refractivity (Wildman–Crippen MR) is 79.5 cm³/mol. The molecule has 2 aliphatic heterocycles. The molecule has 0 unspecified atom stereocenters. The maximum Gasteiger partial charge on any atom is 0.310 e. The molecule has 0 N–H and O–H groups in total. The van der Waals surface area contributed by atoms with E-state index < -0.39 is 0 Å². The number of carbonyl (C=O) groups excluding carboxylic acids is 2. The fourth-order valence-corrected chi connectivity index (χ4v) is 3.34. The van der Waals surface area contributed by atoms with E-state index in [4.69, 9.17) is 4.74 Å². The van der Waals surface area contributed by atoms with Crippen LogP contribution in [0.1, 0.15) is 18.9 Å². The molecule has 2 aliphatic rings. The lowest BCUT2D eigenvalue weighted by atomic mass is 9.93. The smallest absolute Gasteiger partial charge is 0.310 e. The highest BCUT2D eigenvalue weighted by molar-refractivity contribution is 6.24. The zero-order chi connectivity index (χ0) is 15.0. The van der Waals surface area contributed by atoms with Gasteiger partial charge >= 0.3 is 5.97 Å². The molecule has 1 fully saturated rings. The second-order valence-corrected chi connectivity index (χ2v) is 5.58. The quantitative estimate of drug-likeness (QED) is 0.796. The number of rotatable bonds is 3. The zero-order valence-corrected chi connectivity index (χ0v) is 12.3. The molecule has 4 nitrogen and oxygen atoms in total. The van der Waals surface area contributed by atoms with Gasteiger partial charge in [0.1, 0.15) is 0 Å². The average molecular weight is 285 g/mol. The summed E-state index contributed by atoms with van der Waals surface area (Å²) < 4.78 is 5.15. The Morgan fingerprint density at radius 1 is 1.33 bits per heavy atom. The fourth-order valence-electron chi connectivity index (χ4n) is 3.34. The van der Waals surface area contributed by atoms with Crippen molar-refractivity contribution in [2.75, 3.05) is 13.7 Å². The minimum absolute atomic E-state index is 0.0537. The van der Waals surface area contributed by atoms with E-state index in [2.05, 4.69) is 0 Å². The van der Waals surface area contributed by atoms with E-state index in [0.29, 0.717) is 13.0 Å². The summed E-state index contributed by atoms with van der Waals surface area (Å²) in [4.78, 5) is 26.7. The SMILES string of the molecule is CCOC(=O)[C@H]1C[C@@H]2C(=O)C(c3ccccc3)=C[C@H]1N2C. The number of carbonyl (C=O) groups is 2. The molecular formula is C17H19NO3. The standard InChI is InChI=1S/C17H19NO3/c1-3-21-17(20)13-10-15-16(19)12(9-14(13)18(15)2)11-7-5-4-6-8-11/h4-9,13-15H,3,10H2,1-2H3/t13-,14+,15+/m0/s1. The molecule has 1 aromatic rings. The first kappa shape index (κ1) is 14.0. The maximum absolute atomic E-state index is 12.7. The van der Waals surface area contributed by atoms with E-state index in [1.165, 1.54) is 0 Å². The Bertz CT molecular complexity index is 593. The first-order chi connectivity index (χ1) is 10.1. The third kappa shape index (κ3) is 2.29. The van der Waals surface area contributed by atoms with Gasteiger partial charge in [-0.2, -0.15) is 0 Å². The van der Waals surface area contributed by atoms with E-state index in [1.807, 2.05) is 48.4 Å². The monoisotopic (exact) mass is 285 g/mol. The van der Waals surface area contributed by atoms with Crippen molar-refractivity contribution < 1.29 is 14.3 Å². The highest BCUT2D eigenvalue weighted by Gasteiger charge is 2.49. The van der Waals surface area contributed by atoms with Crippen LogP contribution in [0.2, 0.25) is 0 Å². The number of Topliss-reactive ketones (excluding diaryl/α,β-unsaturated/α-hetero) is 1. The van der Waals surface area contributed by atoms with Crippen LogP contribution in [-0.2, 0) is 14.3 Å². The van der Waals surface area contributed by atoms with Crippen molar-refractivity contribution in [1.29, 1.82) is 0 Å². The van der Waals surface area contributed by atoms with Crippen LogP contribution in [-0.4, -0.2) is 42.4 Å². The molecule has 3 atom stereocenters. The van der Waals surface area contributed by atoms with Gasteiger partial charge in [-0.1, -0.05) is 36.4 Å². The van der Waals surface area contributed by atoms with Crippen molar-refractivity contribution in [3.8, 4) is 0 Å².